The van der Waals surface area contributed by atoms with Crippen LogP contribution in [0.1, 0.15) is 6.92 Å². The van der Waals surface area contributed by atoms with E-state index < -0.39 is 24.7 Å². The van der Waals surface area contributed by atoms with Crippen molar-refractivity contribution in [3.05, 3.63) is 0 Å². The predicted molar refractivity (Wildman–Crippen MR) is 42.8 cm³/mol. The molecule has 9 heteroatoms. The van der Waals surface area contributed by atoms with Gasteiger partial charge in [0.25, 0.3) is 0 Å². The van der Waals surface area contributed by atoms with Crippen LogP contribution in [0.2, 0.25) is 0 Å². The monoisotopic (exact) mass is 231 g/mol. The van der Waals surface area contributed by atoms with Crippen LogP contribution in [0.15, 0.2) is 0 Å². The van der Waals surface area contributed by atoms with Gasteiger partial charge in [-0.3, -0.25) is 9.08 Å². The minimum atomic E-state index is -5.03. The highest BCUT2D eigenvalue weighted by molar-refractivity contribution is 7.89. The van der Waals surface area contributed by atoms with E-state index in [-0.39, 0.29) is 0 Å². The van der Waals surface area contributed by atoms with E-state index in [1.165, 1.54) is 6.92 Å². The SMILES string of the molecule is CC#CCOP(=O)(F)NS(=O)(=O)O. The molecule has 0 aromatic carbocycles. The fraction of sp³-hybridized carbons (Fsp3) is 0.500. The van der Waals surface area contributed by atoms with Crippen molar-refractivity contribution in [2.45, 2.75) is 6.92 Å². The summed E-state index contributed by atoms with van der Waals surface area (Å²) in [6.07, 6.45) is 0. The summed E-state index contributed by atoms with van der Waals surface area (Å²) in [5.74, 6) is 4.49. The third-order valence-electron chi connectivity index (χ3n) is 0.704. The molecule has 0 spiro atoms. The summed E-state index contributed by atoms with van der Waals surface area (Å²) in [4.78, 5) is 0. The van der Waals surface area contributed by atoms with Gasteiger partial charge in [-0.25, -0.2) is 4.57 Å². The van der Waals surface area contributed by atoms with E-state index >= 15 is 0 Å². The van der Waals surface area contributed by atoms with Crippen molar-refractivity contribution in [3.63, 3.8) is 0 Å². The van der Waals surface area contributed by atoms with Crippen molar-refractivity contribution in [2.75, 3.05) is 6.61 Å². The van der Waals surface area contributed by atoms with Crippen LogP contribution in [-0.2, 0) is 19.4 Å². The average Bonchev–Trinajstić information content (AvgIpc) is 1.81. The van der Waals surface area contributed by atoms with Crippen LogP contribution in [0.25, 0.3) is 0 Å². The van der Waals surface area contributed by atoms with E-state index in [4.69, 9.17) is 4.55 Å². The standard InChI is InChI=1S/C4H7FNO5PS/c1-2-3-4-11-12(5,7)6-13(8,9)10/h4H2,1H3,(H,6,7)(H,8,9,10). The molecule has 76 valence electrons. The zero-order valence-corrected chi connectivity index (χ0v) is 8.23. The molecule has 0 aliphatic carbocycles. The third-order valence-corrected chi connectivity index (χ3v) is 2.96. The Balaban J connectivity index is 4.23. The van der Waals surface area contributed by atoms with Crippen molar-refractivity contribution in [1.29, 1.82) is 0 Å². The fourth-order valence-electron chi connectivity index (χ4n) is 0.352. The zero-order chi connectivity index (χ0) is 10.5. The topological polar surface area (TPSA) is 92.7 Å². The lowest BCUT2D eigenvalue weighted by Crippen LogP contribution is -2.18. The van der Waals surface area contributed by atoms with Gasteiger partial charge in [0.15, 0.2) is 0 Å². The minimum absolute atomic E-state index is 0.535. The summed E-state index contributed by atoms with van der Waals surface area (Å²) in [6.45, 7) is 0.898. The number of nitrogens with one attached hydrogen (secondary N) is 1. The van der Waals surface area contributed by atoms with Crippen LogP contribution in [0.4, 0.5) is 4.20 Å². The van der Waals surface area contributed by atoms with Gasteiger partial charge in [0.2, 0.25) is 0 Å². The van der Waals surface area contributed by atoms with Gasteiger partial charge >= 0.3 is 18.1 Å². The second-order valence-corrected chi connectivity index (χ2v) is 4.64. The van der Waals surface area contributed by atoms with Gasteiger partial charge in [0.05, 0.1) is 0 Å². The van der Waals surface area contributed by atoms with Gasteiger partial charge in [-0.05, 0) is 6.92 Å². The van der Waals surface area contributed by atoms with Crippen molar-refractivity contribution < 1.29 is 26.3 Å². The molecule has 0 heterocycles. The first-order valence-corrected chi connectivity index (χ1v) is 5.83. The maximum absolute atomic E-state index is 12.5. The Morgan fingerprint density at radius 3 is 2.62 bits per heavy atom. The highest BCUT2D eigenvalue weighted by Gasteiger charge is 2.27. The lowest BCUT2D eigenvalue weighted by molar-refractivity contribution is 0.320. The van der Waals surface area contributed by atoms with Crippen LogP contribution >= 0.6 is 7.83 Å². The highest BCUT2D eigenvalue weighted by Crippen LogP contribution is 2.44. The summed E-state index contributed by atoms with van der Waals surface area (Å²) in [5, 5.41) is 0. The minimum Gasteiger partial charge on any atom is -0.280 e. The molecule has 0 amide bonds. The molecular weight excluding hydrogens is 224 g/mol. The van der Waals surface area contributed by atoms with Crippen LogP contribution < -0.4 is 4.49 Å². The molecule has 1 atom stereocenters. The molecule has 0 rings (SSSR count). The number of hydrogen-bond donors (Lipinski definition) is 2. The first-order chi connectivity index (χ1) is 5.77. The second-order valence-electron chi connectivity index (χ2n) is 1.75. The number of hydrogen-bond acceptors (Lipinski definition) is 4. The Labute approximate surface area is 75.0 Å². The average molecular weight is 231 g/mol. The Hall–Kier alpha value is -0.450. The van der Waals surface area contributed by atoms with Gasteiger partial charge in [0.1, 0.15) is 6.61 Å². The molecular formula is C4H7FNO5PS. The molecule has 0 fully saturated rings. The largest absolute Gasteiger partial charge is 0.459 e. The van der Waals surface area contributed by atoms with E-state index in [0.717, 1.165) is 4.49 Å². The maximum atomic E-state index is 12.5. The lowest BCUT2D eigenvalue weighted by Gasteiger charge is -2.05. The molecule has 0 aromatic heterocycles. The van der Waals surface area contributed by atoms with Crippen LogP contribution in [-0.4, -0.2) is 19.6 Å². The summed E-state index contributed by atoms with van der Waals surface area (Å²) >= 11 is 0. The lowest BCUT2D eigenvalue weighted by atomic mass is 10.6. The Morgan fingerprint density at radius 1 is 1.69 bits per heavy atom. The van der Waals surface area contributed by atoms with Gasteiger partial charge in [-0.15, -0.1) is 10.1 Å². The molecule has 2 N–H and O–H groups in total. The van der Waals surface area contributed by atoms with E-state index in [9.17, 15) is 17.2 Å². The molecule has 6 nitrogen and oxygen atoms in total. The number of rotatable bonds is 4. The fourth-order valence-corrected chi connectivity index (χ4v) is 1.90. The smallest absolute Gasteiger partial charge is 0.280 e. The molecule has 0 bridgehead atoms. The quantitative estimate of drug-likeness (QED) is 0.417. The molecule has 0 saturated heterocycles. The Morgan fingerprint density at radius 2 is 2.23 bits per heavy atom. The highest BCUT2D eigenvalue weighted by atomic mass is 32.2. The predicted octanol–water partition coefficient (Wildman–Crippen LogP) is 0.496. The molecule has 0 aromatic rings. The summed E-state index contributed by atoms with van der Waals surface area (Å²) in [6, 6.07) is 0. The van der Waals surface area contributed by atoms with Gasteiger partial charge in [-0.1, -0.05) is 10.4 Å². The molecule has 1 unspecified atom stereocenters. The first kappa shape index (κ1) is 12.6. The van der Waals surface area contributed by atoms with Crippen molar-refractivity contribution in [3.8, 4) is 11.8 Å². The molecule has 0 saturated carbocycles. The van der Waals surface area contributed by atoms with Crippen LogP contribution in [0.5, 0.6) is 0 Å². The van der Waals surface area contributed by atoms with E-state index in [0.29, 0.717) is 0 Å². The molecule has 0 aliphatic heterocycles. The van der Waals surface area contributed by atoms with Crippen molar-refractivity contribution in [1.82, 2.24) is 4.49 Å². The third kappa shape index (κ3) is 7.90. The molecule has 0 radical (unpaired) electrons. The molecule has 0 aliphatic rings. The second kappa shape index (κ2) is 4.69. The van der Waals surface area contributed by atoms with Gasteiger partial charge in [-0.2, -0.15) is 8.42 Å². The van der Waals surface area contributed by atoms with Crippen molar-refractivity contribution >= 4 is 18.1 Å². The Kier molecular flexibility index (Phi) is 4.53. The van der Waals surface area contributed by atoms with Crippen molar-refractivity contribution in [2.24, 2.45) is 0 Å². The first-order valence-electron chi connectivity index (χ1n) is 2.87. The normalized spacial score (nSPS) is 15.6. The summed E-state index contributed by atoms with van der Waals surface area (Å²) in [7, 11) is -9.91. The van der Waals surface area contributed by atoms with E-state index in [2.05, 4.69) is 16.4 Å². The van der Waals surface area contributed by atoms with Gasteiger partial charge in [0, 0.05) is 0 Å². The van der Waals surface area contributed by atoms with Crippen LogP contribution in [0, 0.1) is 11.8 Å². The van der Waals surface area contributed by atoms with Crippen LogP contribution in [0.3, 0.4) is 0 Å². The maximum Gasteiger partial charge on any atom is 0.459 e. The summed E-state index contributed by atoms with van der Waals surface area (Å²) in [5.41, 5.74) is 0. The Bertz CT molecular complexity index is 368. The number of halogens is 1. The summed E-state index contributed by atoms with van der Waals surface area (Å²) < 4.78 is 55.7. The van der Waals surface area contributed by atoms with E-state index in [1.807, 2.05) is 0 Å². The van der Waals surface area contributed by atoms with E-state index in [1.54, 1.807) is 0 Å². The van der Waals surface area contributed by atoms with Gasteiger partial charge < -0.3 is 0 Å². The molecule has 13 heavy (non-hydrogen) atoms. The zero-order valence-electron chi connectivity index (χ0n) is 6.52.